The van der Waals surface area contributed by atoms with Crippen LogP contribution in [0, 0.1) is 11.3 Å². The van der Waals surface area contributed by atoms with Crippen LogP contribution in [0.3, 0.4) is 0 Å². The van der Waals surface area contributed by atoms with Crippen molar-refractivity contribution in [2.45, 2.75) is 18.4 Å². The van der Waals surface area contributed by atoms with Crippen LogP contribution in [0.25, 0.3) is 0 Å². The first kappa shape index (κ1) is 12.0. The number of hydrogen-bond donors (Lipinski definition) is 1. The third-order valence-corrected chi connectivity index (χ3v) is 4.30. The van der Waals surface area contributed by atoms with Crippen LogP contribution in [-0.4, -0.2) is 36.6 Å². The Morgan fingerprint density at radius 1 is 1.22 bits per heavy atom. The molecule has 0 aromatic heterocycles. The lowest BCUT2D eigenvalue weighted by atomic mass is 9.94. The van der Waals surface area contributed by atoms with Gasteiger partial charge in [0.1, 0.15) is 5.54 Å². The summed E-state index contributed by atoms with van der Waals surface area (Å²) in [6, 6.07) is 8.57. The van der Waals surface area contributed by atoms with E-state index >= 15 is 0 Å². The second kappa shape index (κ2) is 4.55. The average molecular weight is 262 g/mol. The van der Waals surface area contributed by atoms with Crippen molar-refractivity contribution in [3.05, 3.63) is 34.3 Å². The van der Waals surface area contributed by atoms with Crippen molar-refractivity contribution in [3.63, 3.8) is 0 Å². The van der Waals surface area contributed by atoms with Crippen LogP contribution >= 0.6 is 11.6 Å². The summed E-state index contributed by atoms with van der Waals surface area (Å²) in [6.45, 7) is 3.85. The lowest BCUT2D eigenvalue weighted by molar-refractivity contribution is 0.126. The van der Waals surface area contributed by atoms with Crippen LogP contribution in [0.15, 0.2) is 18.2 Å². The van der Waals surface area contributed by atoms with Gasteiger partial charge in [0.2, 0.25) is 0 Å². The van der Waals surface area contributed by atoms with Gasteiger partial charge in [-0.3, -0.25) is 4.90 Å². The molecule has 18 heavy (non-hydrogen) atoms. The summed E-state index contributed by atoms with van der Waals surface area (Å²) in [7, 11) is 0. The molecule has 1 heterocycles. The molecule has 1 unspecified atom stereocenters. The second-order valence-corrected chi connectivity index (χ2v) is 5.58. The van der Waals surface area contributed by atoms with Crippen LogP contribution in [0.1, 0.15) is 11.1 Å². The molecule has 1 saturated heterocycles. The maximum Gasteiger partial charge on any atom is 0.117 e. The molecule has 3 rings (SSSR count). The number of benzene rings is 1. The molecule has 1 atom stereocenters. The maximum absolute atomic E-state index is 9.67. The molecule has 0 radical (unpaired) electrons. The molecule has 1 fully saturated rings. The number of fused-ring (bicyclic) bond motifs is 1. The number of rotatable bonds is 1. The number of nitrogens with zero attached hydrogens (tertiary/aromatic N) is 2. The highest BCUT2D eigenvalue weighted by Crippen LogP contribution is 2.35. The zero-order valence-electron chi connectivity index (χ0n) is 10.2. The van der Waals surface area contributed by atoms with E-state index in [0.29, 0.717) is 0 Å². The lowest BCUT2D eigenvalue weighted by Crippen LogP contribution is -2.56. The molecule has 4 heteroatoms. The third kappa shape index (κ3) is 1.91. The Balaban J connectivity index is 1.90. The van der Waals surface area contributed by atoms with Crippen LogP contribution < -0.4 is 5.32 Å². The van der Waals surface area contributed by atoms with E-state index in [9.17, 15) is 5.26 Å². The molecule has 3 nitrogen and oxygen atoms in total. The first-order chi connectivity index (χ1) is 8.73. The van der Waals surface area contributed by atoms with E-state index in [1.165, 1.54) is 11.1 Å². The summed E-state index contributed by atoms with van der Waals surface area (Å²) in [5.41, 5.74) is 2.16. The van der Waals surface area contributed by atoms with Gasteiger partial charge >= 0.3 is 0 Å². The predicted molar refractivity (Wildman–Crippen MR) is 71.6 cm³/mol. The van der Waals surface area contributed by atoms with E-state index in [-0.39, 0.29) is 5.54 Å². The summed E-state index contributed by atoms with van der Waals surface area (Å²) < 4.78 is 0. The first-order valence-electron chi connectivity index (χ1n) is 6.38. The molecule has 0 bridgehead atoms. The highest BCUT2D eigenvalue weighted by molar-refractivity contribution is 6.30. The average Bonchev–Trinajstić information content (AvgIpc) is 2.79. The van der Waals surface area contributed by atoms with Crippen LogP contribution in [-0.2, 0) is 12.8 Å². The maximum atomic E-state index is 9.67. The molecule has 1 aromatic rings. The topological polar surface area (TPSA) is 39.1 Å². The van der Waals surface area contributed by atoms with Gasteiger partial charge in [-0.05, 0) is 23.3 Å². The van der Waals surface area contributed by atoms with E-state index < -0.39 is 0 Å². The summed E-state index contributed by atoms with van der Waals surface area (Å²) >= 11 is 6.04. The third-order valence-electron chi connectivity index (χ3n) is 4.06. The van der Waals surface area contributed by atoms with Crippen molar-refractivity contribution in [3.8, 4) is 6.07 Å². The zero-order valence-corrected chi connectivity index (χ0v) is 11.0. The van der Waals surface area contributed by atoms with Crippen molar-refractivity contribution >= 4 is 11.6 Å². The van der Waals surface area contributed by atoms with E-state index in [2.05, 4.69) is 22.4 Å². The molecule has 0 amide bonds. The quantitative estimate of drug-likeness (QED) is 0.835. The minimum absolute atomic E-state index is 0.352. The molecule has 1 aliphatic carbocycles. The van der Waals surface area contributed by atoms with Crippen LogP contribution in [0.4, 0.5) is 0 Å². The van der Waals surface area contributed by atoms with Crippen molar-refractivity contribution in [1.82, 2.24) is 10.2 Å². The first-order valence-corrected chi connectivity index (χ1v) is 6.76. The summed E-state index contributed by atoms with van der Waals surface area (Å²) in [5, 5.41) is 13.8. The monoisotopic (exact) mass is 261 g/mol. The number of nitrogens with one attached hydrogen (secondary N) is 1. The zero-order chi connectivity index (χ0) is 12.6. The van der Waals surface area contributed by atoms with Crippen molar-refractivity contribution in [2.24, 2.45) is 0 Å². The Hall–Kier alpha value is -1.08. The second-order valence-electron chi connectivity index (χ2n) is 5.15. The summed E-state index contributed by atoms with van der Waals surface area (Å²) in [4.78, 5) is 2.33. The van der Waals surface area contributed by atoms with Gasteiger partial charge in [-0.2, -0.15) is 5.26 Å². The van der Waals surface area contributed by atoms with Gasteiger partial charge in [0.05, 0.1) is 6.07 Å². The molecule has 0 spiro atoms. The molecule has 1 aliphatic heterocycles. The Morgan fingerprint density at radius 2 is 1.94 bits per heavy atom. The SMILES string of the molecule is N#CC1(N2CCNCC2)Cc2ccc(Cl)cc2C1. The number of piperazine rings is 1. The highest BCUT2D eigenvalue weighted by atomic mass is 35.5. The van der Waals surface area contributed by atoms with E-state index in [0.717, 1.165) is 44.0 Å². The van der Waals surface area contributed by atoms with Crippen molar-refractivity contribution in [2.75, 3.05) is 26.2 Å². The van der Waals surface area contributed by atoms with E-state index in [1.807, 2.05) is 12.1 Å². The highest BCUT2D eigenvalue weighted by Gasteiger charge is 2.42. The smallest absolute Gasteiger partial charge is 0.117 e. The fourth-order valence-electron chi connectivity index (χ4n) is 3.09. The van der Waals surface area contributed by atoms with E-state index in [4.69, 9.17) is 11.6 Å². The Kier molecular flexibility index (Phi) is 3.03. The molecular weight excluding hydrogens is 246 g/mol. The van der Waals surface area contributed by atoms with Gasteiger partial charge in [0.15, 0.2) is 0 Å². The van der Waals surface area contributed by atoms with Gasteiger partial charge in [-0.1, -0.05) is 17.7 Å². The molecule has 2 aliphatic rings. The molecule has 94 valence electrons. The summed E-state index contributed by atoms with van der Waals surface area (Å²) in [6.07, 6.45) is 1.63. The van der Waals surface area contributed by atoms with Crippen LogP contribution in [0.2, 0.25) is 5.02 Å². The van der Waals surface area contributed by atoms with E-state index in [1.54, 1.807) is 0 Å². The molecular formula is C14H16ClN3. The molecule has 1 N–H and O–H groups in total. The molecule has 0 saturated carbocycles. The van der Waals surface area contributed by atoms with Gasteiger partial charge in [0.25, 0.3) is 0 Å². The lowest BCUT2D eigenvalue weighted by Gasteiger charge is -2.38. The Morgan fingerprint density at radius 3 is 2.67 bits per heavy atom. The van der Waals surface area contributed by atoms with Crippen LogP contribution in [0.5, 0.6) is 0 Å². The Bertz CT molecular complexity index is 502. The fraction of sp³-hybridized carbons (Fsp3) is 0.500. The number of halogens is 1. The van der Waals surface area contributed by atoms with Gasteiger partial charge in [-0.15, -0.1) is 0 Å². The Labute approximate surface area is 112 Å². The largest absolute Gasteiger partial charge is 0.314 e. The summed E-state index contributed by atoms with van der Waals surface area (Å²) in [5.74, 6) is 0. The predicted octanol–water partition coefficient (Wildman–Crippen LogP) is 1.61. The molecule has 1 aromatic carbocycles. The van der Waals surface area contributed by atoms with Crippen molar-refractivity contribution < 1.29 is 0 Å². The van der Waals surface area contributed by atoms with Crippen molar-refractivity contribution in [1.29, 1.82) is 5.26 Å². The number of hydrogen-bond acceptors (Lipinski definition) is 3. The van der Waals surface area contributed by atoms with Gasteiger partial charge in [-0.25, -0.2) is 0 Å². The minimum atomic E-state index is -0.352. The number of nitriles is 1. The van der Waals surface area contributed by atoms with Gasteiger partial charge in [0, 0.05) is 44.0 Å². The normalized spacial score (nSPS) is 27.8. The minimum Gasteiger partial charge on any atom is -0.314 e. The fourth-order valence-corrected chi connectivity index (χ4v) is 3.29. The van der Waals surface area contributed by atoms with Gasteiger partial charge < -0.3 is 5.32 Å². The standard InChI is InChI=1S/C14H16ClN3/c15-13-2-1-11-8-14(10-16,9-12(11)7-13)18-5-3-17-4-6-18/h1-2,7,17H,3-6,8-9H2.